The Kier molecular flexibility index (Phi) is 6.38. The number of amides is 3. The molecule has 0 saturated heterocycles. The van der Waals surface area contributed by atoms with Crippen molar-refractivity contribution in [2.75, 3.05) is 17.7 Å². The van der Waals surface area contributed by atoms with Gasteiger partial charge in [-0.2, -0.15) is 0 Å². The molecule has 0 spiro atoms. The molecule has 9 nitrogen and oxygen atoms in total. The number of methoxy groups -OCH3 is 1. The van der Waals surface area contributed by atoms with Gasteiger partial charge < -0.3 is 20.7 Å². The minimum Gasteiger partial charge on any atom is -0.464 e. The van der Waals surface area contributed by atoms with Crippen LogP contribution in [0.2, 0.25) is 5.02 Å². The van der Waals surface area contributed by atoms with E-state index in [9.17, 15) is 19.2 Å². The number of thiazole rings is 1. The Labute approximate surface area is 197 Å². The topological polar surface area (TPSA) is 126 Å². The van der Waals surface area contributed by atoms with Gasteiger partial charge in [0.05, 0.1) is 29.7 Å². The van der Waals surface area contributed by atoms with Gasteiger partial charge in [0.1, 0.15) is 6.04 Å². The molecular weight excluding hydrogens is 468 g/mol. The van der Waals surface area contributed by atoms with Crippen LogP contribution in [0.5, 0.6) is 0 Å². The number of carbonyl (C=O) groups excluding carboxylic acids is 4. The van der Waals surface area contributed by atoms with Gasteiger partial charge >= 0.3 is 5.97 Å². The molecule has 0 aliphatic carbocycles. The number of benzene rings is 2. The van der Waals surface area contributed by atoms with Crippen molar-refractivity contribution >= 4 is 57.4 Å². The summed E-state index contributed by atoms with van der Waals surface area (Å²) in [6, 6.07) is 12.3. The molecule has 0 radical (unpaired) electrons. The molecule has 0 unspecified atom stereocenters. The fourth-order valence-corrected chi connectivity index (χ4v) is 4.32. The van der Waals surface area contributed by atoms with Gasteiger partial charge in [-0.05, 0) is 29.8 Å². The number of nitrogens with zero attached hydrogens (tertiary/aromatic N) is 1. The van der Waals surface area contributed by atoms with Crippen molar-refractivity contribution in [1.82, 2.24) is 10.3 Å². The summed E-state index contributed by atoms with van der Waals surface area (Å²) in [7, 11) is 1.23. The summed E-state index contributed by atoms with van der Waals surface area (Å²) >= 11 is 7.01. The first-order valence-electron chi connectivity index (χ1n) is 9.71. The molecular formula is C22H17ClN4O5S. The van der Waals surface area contributed by atoms with Crippen LogP contribution in [-0.4, -0.2) is 41.8 Å². The monoisotopic (exact) mass is 484 g/mol. The maximum Gasteiger partial charge on any atom is 0.358 e. The van der Waals surface area contributed by atoms with Crippen molar-refractivity contribution < 1.29 is 23.9 Å². The highest BCUT2D eigenvalue weighted by atomic mass is 35.5. The Morgan fingerprint density at radius 1 is 1.15 bits per heavy atom. The van der Waals surface area contributed by atoms with E-state index in [1.807, 2.05) is 0 Å². The van der Waals surface area contributed by atoms with Gasteiger partial charge in [-0.1, -0.05) is 47.2 Å². The molecule has 1 aromatic heterocycles. The largest absolute Gasteiger partial charge is 0.464 e. The summed E-state index contributed by atoms with van der Waals surface area (Å²) in [4.78, 5) is 54.5. The minimum atomic E-state index is -1.08. The minimum absolute atomic E-state index is 0.0380. The van der Waals surface area contributed by atoms with E-state index in [2.05, 4.69) is 20.9 Å². The summed E-state index contributed by atoms with van der Waals surface area (Å²) < 4.78 is 4.80. The van der Waals surface area contributed by atoms with Gasteiger partial charge in [0.15, 0.2) is 10.8 Å². The number of hydrogen-bond donors (Lipinski definition) is 3. The van der Waals surface area contributed by atoms with Crippen LogP contribution in [-0.2, 0) is 14.3 Å². The van der Waals surface area contributed by atoms with E-state index < -0.39 is 29.7 Å². The zero-order chi connectivity index (χ0) is 23.5. The van der Waals surface area contributed by atoms with E-state index in [0.29, 0.717) is 26.7 Å². The van der Waals surface area contributed by atoms with Crippen molar-refractivity contribution in [2.24, 2.45) is 0 Å². The van der Waals surface area contributed by atoms with Crippen LogP contribution in [0.3, 0.4) is 0 Å². The Balaban J connectivity index is 1.52. The molecule has 2 heterocycles. The molecule has 11 heteroatoms. The lowest BCUT2D eigenvalue weighted by molar-refractivity contribution is -0.122. The van der Waals surface area contributed by atoms with Gasteiger partial charge in [0, 0.05) is 5.02 Å². The molecule has 3 amide bonds. The zero-order valence-electron chi connectivity index (χ0n) is 17.2. The molecule has 3 aromatic rings. The van der Waals surface area contributed by atoms with Gasteiger partial charge in [-0.25, -0.2) is 9.78 Å². The van der Waals surface area contributed by atoms with Crippen LogP contribution in [0, 0.1) is 0 Å². The zero-order valence-corrected chi connectivity index (χ0v) is 18.8. The second-order valence-electron chi connectivity index (χ2n) is 7.01. The van der Waals surface area contributed by atoms with Gasteiger partial charge in [0.25, 0.3) is 5.91 Å². The van der Waals surface area contributed by atoms with E-state index >= 15 is 0 Å². The number of ether oxygens (including phenoxy) is 1. The quantitative estimate of drug-likeness (QED) is 0.477. The second kappa shape index (κ2) is 9.39. The maximum absolute atomic E-state index is 12.6. The molecule has 2 aromatic carbocycles. The smallest absolute Gasteiger partial charge is 0.358 e. The Morgan fingerprint density at radius 3 is 2.61 bits per heavy atom. The number of esters is 1. The molecule has 4 rings (SSSR count). The van der Waals surface area contributed by atoms with Crippen molar-refractivity contribution in [2.45, 2.75) is 12.5 Å². The van der Waals surface area contributed by atoms with Crippen LogP contribution in [0.25, 0.3) is 10.4 Å². The fourth-order valence-electron chi connectivity index (χ4n) is 3.22. The Morgan fingerprint density at radius 2 is 1.88 bits per heavy atom. The normalized spacial score (nSPS) is 15.0. The lowest BCUT2D eigenvalue weighted by Crippen LogP contribution is -2.43. The lowest BCUT2D eigenvalue weighted by Gasteiger charge is -2.13. The Bertz CT molecular complexity index is 1260. The van der Waals surface area contributed by atoms with Crippen molar-refractivity contribution in [3.63, 3.8) is 0 Å². The first-order chi connectivity index (χ1) is 15.9. The van der Waals surface area contributed by atoms with Crippen molar-refractivity contribution in [3.8, 4) is 10.4 Å². The van der Waals surface area contributed by atoms with Crippen LogP contribution in [0.15, 0.2) is 48.5 Å². The van der Waals surface area contributed by atoms with E-state index in [0.717, 1.165) is 11.3 Å². The number of aromatic nitrogens is 1. The first kappa shape index (κ1) is 22.4. The van der Waals surface area contributed by atoms with E-state index in [4.69, 9.17) is 16.3 Å². The molecule has 33 heavy (non-hydrogen) atoms. The van der Waals surface area contributed by atoms with Crippen molar-refractivity contribution in [1.29, 1.82) is 0 Å². The highest BCUT2D eigenvalue weighted by Gasteiger charge is 2.30. The predicted octanol–water partition coefficient (Wildman–Crippen LogP) is 3.33. The average molecular weight is 485 g/mol. The third-order valence-corrected chi connectivity index (χ3v) is 6.07. The molecule has 0 bridgehead atoms. The van der Waals surface area contributed by atoms with Gasteiger partial charge in [0.2, 0.25) is 11.8 Å². The van der Waals surface area contributed by atoms with Crippen LogP contribution in [0.1, 0.15) is 27.3 Å². The van der Waals surface area contributed by atoms with Gasteiger partial charge in [-0.3, -0.25) is 14.4 Å². The third kappa shape index (κ3) is 4.86. The molecule has 0 fully saturated rings. The van der Waals surface area contributed by atoms with Crippen LogP contribution in [0.4, 0.5) is 10.8 Å². The molecule has 1 atom stereocenters. The number of hydrogen-bond acceptors (Lipinski definition) is 7. The summed E-state index contributed by atoms with van der Waals surface area (Å²) in [6.07, 6.45) is -0.324. The highest BCUT2D eigenvalue weighted by molar-refractivity contribution is 7.19. The molecule has 1 aliphatic heterocycles. The summed E-state index contributed by atoms with van der Waals surface area (Å²) in [5.41, 5.74) is 1.39. The van der Waals surface area contributed by atoms with Crippen LogP contribution < -0.4 is 16.0 Å². The molecule has 0 saturated carbocycles. The first-order valence-corrected chi connectivity index (χ1v) is 10.9. The number of rotatable bonds is 5. The average Bonchev–Trinajstić information content (AvgIpc) is 3.17. The number of carbonyl (C=O) groups is 4. The third-order valence-electron chi connectivity index (χ3n) is 4.80. The summed E-state index contributed by atoms with van der Waals surface area (Å²) in [5, 5.41) is 8.48. The predicted molar refractivity (Wildman–Crippen MR) is 123 cm³/mol. The number of para-hydroxylation sites is 1. The number of anilines is 2. The molecule has 1 aliphatic rings. The lowest BCUT2D eigenvalue weighted by atomic mass is 10.1. The van der Waals surface area contributed by atoms with E-state index in [1.54, 1.807) is 48.5 Å². The Hall–Kier alpha value is -3.76. The number of fused-ring (bicyclic) bond motifs is 1. The number of nitrogens with one attached hydrogen (secondary N) is 3. The fraction of sp³-hybridized carbons (Fsp3) is 0.136. The standard InChI is InChI=1S/C22H17ClN4O5S/c1-32-21(31)17-18(11-6-8-12(23)9-7-11)33-22(27-17)26-16(28)10-15-20(30)24-14-5-3-2-4-13(14)19(29)25-15/h2-9,15H,10H2,1H3,(H,24,30)(H,25,29)(H,26,27,28)/t15-/m0/s1. The van der Waals surface area contributed by atoms with Crippen molar-refractivity contribution in [3.05, 3.63) is 64.8 Å². The maximum atomic E-state index is 12.6. The second-order valence-corrected chi connectivity index (χ2v) is 8.44. The SMILES string of the molecule is COC(=O)c1nc(NC(=O)C[C@@H]2NC(=O)c3ccccc3NC2=O)sc1-c1ccc(Cl)cc1. The van der Waals surface area contributed by atoms with E-state index in [1.165, 1.54) is 7.11 Å². The van der Waals surface area contributed by atoms with Crippen LogP contribution >= 0.6 is 22.9 Å². The summed E-state index contributed by atoms with van der Waals surface area (Å²) in [5.74, 6) is -2.20. The van der Waals surface area contributed by atoms with E-state index in [-0.39, 0.29) is 17.2 Å². The van der Waals surface area contributed by atoms with Gasteiger partial charge in [-0.15, -0.1) is 0 Å². The molecule has 168 valence electrons. The molecule has 3 N–H and O–H groups in total. The summed E-state index contributed by atoms with van der Waals surface area (Å²) in [6.45, 7) is 0. The highest BCUT2D eigenvalue weighted by Crippen LogP contribution is 2.34. The number of halogens is 1.